The van der Waals surface area contributed by atoms with Crippen molar-refractivity contribution in [2.75, 3.05) is 18.0 Å². The fourth-order valence-corrected chi connectivity index (χ4v) is 6.08. The molecule has 3 aromatic rings. The molecule has 186 valence electrons. The zero-order valence-electron chi connectivity index (χ0n) is 20.2. The third kappa shape index (κ3) is 4.95. The maximum atomic E-state index is 13.6. The molecule has 2 aliphatic heterocycles. The van der Waals surface area contributed by atoms with Gasteiger partial charge < -0.3 is 5.32 Å². The number of fused-ring (bicyclic) bond motifs is 1. The number of nitrogens with zero attached hydrogens (tertiary/aromatic N) is 2. The first kappa shape index (κ1) is 24.9. The summed E-state index contributed by atoms with van der Waals surface area (Å²) in [5, 5.41) is 2.90. The highest BCUT2D eigenvalue weighted by molar-refractivity contribution is 8.26. The highest BCUT2D eigenvalue weighted by Crippen LogP contribution is 2.46. The van der Waals surface area contributed by atoms with E-state index in [1.165, 1.54) is 4.90 Å². The summed E-state index contributed by atoms with van der Waals surface area (Å²) in [6.45, 7) is 2.26. The molecule has 1 fully saturated rings. The van der Waals surface area contributed by atoms with Crippen LogP contribution in [0.3, 0.4) is 0 Å². The van der Waals surface area contributed by atoms with Crippen molar-refractivity contribution in [3.8, 4) is 0 Å². The van der Waals surface area contributed by atoms with Gasteiger partial charge in [0.25, 0.3) is 11.8 Å². The van der Waals surface area contributed by atoms with Gasteiger partial charge in [0.2, 0.25) is 5.91 Å². The number of anilines is 1. The second kappa shape index (κ2) is 10.7. The molecule has 3 aromatic carbocycles. The molecule has 0 spiro atoms. The van der Waals surface area contributed by atoms with Crippen molar-refractivity contribution in [2.24, 2.45) is 0 Å². The van der Waals surface area contributed by atoms with Crippen molar-refractivity contribution < 1.29 is 14.4 Å². The van der Waals surface area contributed by atoms with Gasteiger partial charge in [0.1, 0.15) is 10.9 Å². The number of para-hydroxylation sites is 1. The molecule has 8 heteroatoms. The minimum Gasteiger partial charge on any atom is -0.354 e. The molecule has 1 N–H and O–H groups in total. The Bertz CT molecular complexity index is 1410. The SMILES string of the molecule is C[C@H](c1ccccc1)N1C(=O)/C(=C2/C(=O)N(CC(=O)NCCc3ccccc3)c3ccccc32)SC1=S. The summed E-state index contributed by atoms with van der Waals surface area (Å²) in [6.07, 6.45) is 0.699. The Labute approximate surface area is 225 Å². The second-order valence-corrected chi connectivity index (χ2v) is 10.5. The Morgan fingerprint density at radius 2 is 1.57 bits per heavy atom. The van der Waals surface area contributed by atoms with E-state index in [0.29, 0.717) is 39.0 Å². The smallest absolute Gasteiger partial charge is 0.267 e. The van der Waals surface area contributed by atoms with Crippen LogP contribution in [0.25, 0.3) is 5.57 Å². The van der Waals surface area contributed by atoms with Gasteiger partial charge in [-0.3, -0.25) is 24.2 Å². The van der Waals surface area contributed by atoms with Crippen molar-refractivity contribution in [3.63, 3.8) is 0 Å². The Morgan fingerprint density at radius 1 is 0.919 bits per heavy atom. The van der Waals surface area contributed by atoms with E-state index in [0.717, 1.165) is 22.9 Å². The Morgan fingerprint density at radius 3 is 2.30 bits per heavy atom. The highest BCUT2D eigenvalue weighted by Gasteiger charge is 2.43. The van der Waals surface area contributed by atoms with Crippen LogP contribution in [-0.4, -0.2) is 40.0 Å². The quantitative estimate of drug-likeness (QED) is 0.356. The number of carbonyl (C=O) groups excluding carboxylic acids is 3. The predicted molar refractivity (Wildman–Crippen MR) is 151 cm³/mol. The fourth-order valence-electron chi connectivity index (χ4n) is 4.59. The van der Waals surface area contributed by atoms with E-state index in [2.05, 4.69) is 5.32 Å². The Kier molecular flexibility index (Phi) is 7.21. The summed E-state index contributed by atoms with van der Waals surface area (Å²) in [5.74, 6) is -0.920. The average molecular weight is 528 g/mol. The maximum absolute atomic E-state index is 13.6. The Balaban J connectivity index is 1.37. The summed E-state index contributed by atoms with van der Waals surface area (Å²) in [5.41, 5.74) is 3.63. The first-order valence-corrected chi connectivity index (χ1v) is 13.2. The number of carbonyl (C=O) groups is 3. The van der Waals surface area contributed by atoms with Gasteiger partial charge in [-0.15, -0.1) is 0 Å². The lowest BCUT2D eigenvalue weighted by Crippen LogP contribution is -2.39. The van der Waals surface area contributed by atoms with E-state index in [4.69, 9.17) is 12.2 Å². The van der Waals surface area contributed by atoms with E-state index in [-0.39, 0.29) is 30.3 Å². The zero-order chi connectivity index (χ0) is 25.9. The third-order valence-corrected chi connectivity index (χ3v) is 7.90. The average Bonchev–Trinajstić information content (AvgIpc) is 3.36. The van der Waals surface area contributed by atoms with E-state index >= 15 is 0 Å². The molecule has 0 saturated carbocycles. The summed E-state index contributed by atoms with van der Waals surface area (Å²) in [4.78, 5) is 43.3. The molecular weight excluding hydrogens is 502 g/mol. The number of amides is 3. The number of benzene rings is 3. The topological polar surface area (TPSA) is 69.7 Å². The van der Waals surface area contributed by atoms with Crippen LogP contribution in [0.5, 0.6) is 0 Å². The Hall–Kier alpha value is -3.75. The van der Waals surface area contributed by atoms with Gasteiger partial charge in [0.05, 0.1) is 22.2 Å². The summed E-state index contributed by atoms with van der Waals surface area (Å²) < 4.78 is 0.409. The molecule has 2 heterocycles. The van der Waals surface area contributed by atoms with Gasteiger partial charge >= 0.3 is 0 Å². The number of thioether (sulfide) groups is 1. The normalized spacial score (nSPS) is 17.8. The van der Waals surface area contributed by atoms with Crippen molar-refractivity contribution in [2.45, 2.75) is 19.4 Å². The van der Waals surface area contributed by atoms with Crippen LogP contribution in [0.2, 0.25) is 0 Å². The van der Waals surface area contributed by atoms with Crippen molar-refractivity contribution in [1.82, 2.24) is 10.2 Å². The minimum atomic E-state index is -0.368. The number of nitrogens with one attached hydrogen (secondary N) is 1. The van der Waals surface area contributed by atoms with Crippen LogP contribution in [0.1, 0.15) is 29.7 Å². The van der Waals surface area contributed by atoms with Crippen molar-refractivity contribution >= 4 is 57.3 Å². The van der Waals surface area contributed by atoms with Gasteiger partial charge in [-0.2, -0.15) is 0 Å². The molecule has 3 amide bonds. The molecule has 37 heavy (non-hydrogen) atoms. The molecule has 2 aliphatic rings. The fraction of sp³-hybridized carbons (Fsp3) is 0.172. The van der Waals surface area contributed by atoms with Gasteiger partial charge in [-0.1, -0.05) is 103 Å². The molecule has 0 aliphatic carbocycles. The molecule has 5 rings (SSSR count). The molecule has 0 radical (unpaired) electrons. The predicted octanol–water partition coefficient (Wildman–Crippen LogP) is 4.72. The molecule has 1 atom stereocenters. The van der Waals surface area contributed by atoms with Crippen LogP contribution < -0.4 is 10.2 Å². The summed E-state index contributed by atoms with van der Waals surface area (Å²) in [7, 11) is 0. The second-order valence-electron chi connectivity index (χ2n) is 8.83. The van der Waals surface area contributed by atoms with Crippen molar-refractivity contribution in [3.05, 3.63) is 107 Å². The van der Waals surface area contributed by atoms with Crippen LogP contribution in [-0.2, 0) is 20.8 Å². The molecule has 0 bridgehead atoms. The molecule has 0 unspecified atom stereocenters. The minimum absolute atomic E-state index is 0.130. The van der Waals surface area contributed by atoms with Crippen LogP contribution in [0.4, 0.5) is 5.69 Å². The third-order valence-electron chi connectivity index (χ3n) is 6.50. The molecule has 1 saturated heterocycles. The number of hydrogen-bond donors (Lipinski definition) is 1. The van der Waals surface area contributed by atoms with Gasteiger partial charge in [0, 0.05) is 12.1 Å². The van der Waals surface area contributed by atoms with E-state index in [1.54, 1.807) is 11.0 Å². The number of rotatable bonds is 7. The van der Waals surface area contributed by atoms with E-state index in [1.807, 2.05) is 85.8 Å². The lowest BCUT2D eigenvalue weighted by atomic mass is 10.1. The highest BCUT2D eigenvalue weighted by atomic mass is 32.2. The molecule has 6 nitrogen and oxygen atoms in total. The number of thiocarbonyl (C=S) groups is 1. The largest absolute Gasteiger partial charge is 0.354 e. The maximum Gasteiger partial charge on any atom is 0.267 e. The van der Waals surface area contributed by atoms with E-state index in [9.17, 15) is 14.4 Å². The summed E-state index contributed by atoms with van der Waals surface area (Å²) in [6, 6.07) is 26.5. The standard InChI is InChI=1S/C29H25N3O3S2/c1-19(21-12-6-3-7-13-21)32-28(35)26(37-29(32)36)25-22-14-8-9-15-23(22)31(27(25)34)18-24(33)30-17-16-20-10-4-2-5-11-20/h2-15,19H,16-18H2,1H3,(H,30,33)/b26-25-/t19-/m1/s1. The molecular formula is C29H25N3O3S2. The van der Waals surface area contributed by atoms with Crippen LogP contribution in [0, 0.1) is 0 Å². The summed E-state index contributed by atoms with van der Waals surface area (Å²) >= 11 is 6.72. The van der Waals surface area contributed by atoms with Gasteiger partial charge in [-0.25, -0.2) is 0 Å². The van der Waals surface area contributed by atoms with Gasteiger partial charge in [-0.05, 0) is 30.5 Å². The molecule has 0 aromatic heterocycles. The van der Waals surface area contributed by atoms with Crippen LogP contribution in [0.15, 0.2) is 89.8 Å². The first-order valence-electron chi connectivity index (χ1n) is 12.0. The van der Waals surface area contributed by atoms with Crippen molar-refractivity contribution in [1.29, 1.82) is 0 Å². The van der Waals surface area contributed by atoms with Crippen LogP contribution >= 0.6 is 24.0 Å². The monoisotopic (exact) mass is 527 g/mol. The first-order chi connectivity index (χ1) is 18.0. The zero-order valence-corrected chi connectivity index (χ0v) is 21.9. The van der Waals surface area contributed by atoms with Gasteiger partial charge in [0.15, 0.2) is 0 Å². The lowest BCUT2D eigenvalue weighted by molar-refractivity contribution is -0.123. The lowest BCUT2D eigenvalue weighted by Gasteiger charge is -2.23. The van der Waals surface area contributed by atoms with E-state index < -0.39 is 0 Å². The number of hydrogen-bond acceptors (Lipinski definition) is 5.